The van der Waals surface area contributed by atoms with E-state index in [2.05, 4.69) is 28.4 Å². The van der Waals surface area contributed by atoms with Gasteiger partial charge < -0.3 is 5.73 Å². The highest BCUT2D eigenvalue weighted by atomic mass is 16.1. The number of aromatic amines is 1. The van der Waals surface area contributed by atoms with E-state index in [0.29, 0.717) is 12.2 Å². The fourth-order valence-electron chi connectivity index (χ4n) is 2.85. The number of benzene rings is 2. The van der Waals surface area contributed by atoms with Crippen molar-refractivity contribution >= 4 is 16.6 Å². The first-order valence-corrected chi connectivity index (χ1v) is 7.06. The van der Waals surface area contributed by atoms with E-state index in [1.807, 2.05) is 36.4 Å². The van der Waals surface area contributed by atoms with Gasteiger partial charge in [0.1, 0.15) is 0 Å². The molecule has 5 heteroatoms. The number of aromatic nitrogens is 3. The summed E-state index contributed by atoms with van der Waals surface area (Å²) in [6.45, 7) is 0.504. The predicted octanol–water partition coefficient (Wildman–Crippen LogP) is 2.30. The molecule has 0 saturated carbocycles. The Morgan fingerprint density at radius 3 is 2.82 bits per heavy atom. The minimum Gasteiger partial charge on any atom is -0.326 e. The van der Waals surface area contributed by atoms with Crippen LogP contribution in [0.1, 0.15) is 5.56 Å². The molecular formula is C17H14N4O. The van der Waals surface area contributed by atoms with Gasteiger partial charge in [0.2, 0.25) is 0 Å². The summed E-state index contributed by atoms with van der Waals surface area (Å²) in [5.41, 5.74) is 10.2. The second-order valence-corrected chi connectivity index (χ2v) is 5.20. The molecule has 0 saturated heterocycles. The van der Waals surface area contributed by atoms with Crippen LogP contribution in [0.15, 0.2) is 59.4 Å². The molecule has 0 fully saturated rings. The van der Waals surface area contributed by atoms with Crippen LogP contribution in [-0.4, -0.2) is 14.6 Å². The highest BCUT2D eigenvalue weighted by Crippen LogP contribution is 2.29. The monoisotopic (exact) mass is 290 g/mol. The van der Waals surface area contributed by atoms with E-state index >= 15 is 0 Å². The quantitative estimate of drug-likeness (QED) is 0.594. The third kappa shape index (κ3) is 1.83. The van der Waals surface area contributed by atoms with Crippen LogP contribution in [-0.2, 0) is 6.54 Å². The maximum atomic E-state index is 12.0. The predicted molar refractivity (Wildman–Crippen MR) is 86.6 cm³/mol. The number of nitrogens with two attached hydrogens (primary N) is 1. The molecule has 2 aromatic heterocycles. The van der Waals surface area contributed by atoms with Crippen LogP contribution in [0.25, 0.3) is 27.7 Å². The van der Waals surface area contributed by atoms with Gasteiger partial charge >= 0.3 is 5.69 Å². The number of fused-ring (bicyclic) bond motifs is 3. The zero-order valence-electron chi connectivity index (χ0n) is 11.8. The zero-order valence-corrected chi connectivity index (χ0v) is 11.8. The van der Waals surface area contributed by atoms with Gasteiger partial charge in [0, 0.05) is 11.9 Å². The molecule has 22 heavy (non-hydrogen) atoms. The van der Waals surface area contributed by atoms with E-state index in [1.165, 1.54) is 0 Å². The van der Waals surface area contributed by atoms with Gasteiger partial charge in [-0.25, -0.2) is 14.3 Å². The Labute approximate surface area is 126 Å². The first-order valence-electron chi connectivity index (χ1n) is 7.06. The normalized spacial score (nSPS) is 11.3. The number of rotatable bonds is 2. The van der Waals surface area contributed by atoms with E-state index in [0.717, 1.165) is 27.6 Å². The molecule has 2 aromatic carbocycles. The van der Waals surface area contributed by atoms with Gasteiger partial charge in [-0.1, -0.05) is 30.3 Å². The number of H-pyrrole nitrogens is 1. The first kappa shape index (κ1) is 12.8. The largest absolute Gasteiger partial charge is 0.348 e. The average Bonchev–Trinajstić information content (AvgIpc) is 2.96. The zero-order chi connectivity index (χ0) is 15.1. The lowest BCUT2D eigenvalue weighted by Gasteiger charge is -2.09. The topological polar surface area (TPSA) is 76.2 Å². The van der Waals surface area contributed by atoms with Gasteiger partial charge in [0.05, 0.1) is 5.52 Å². The van der Waals surface area contributed by atoms with E-state index in [4.69, 9.17) is 5.73 Å². The van der Waals surface area contributed by atoms with E-state index < -0.39 is 0 Å². The van der Waals surface area contributed by atoms with Crippen molar-refractivity contribution in [1.29, 1.82) is 0 Å². The van der Waals surface area contributed by atoms with Crippen molar-refractivity contribution in [3.05, 3.63) is 70.6 Å². The van der Waals surface area contributed by atoms with Gasteiger partial charge in [0.25, 0.3) is 0 Å². The van der Waals surface area contributed by atoms with Crippen LogP contribution in [0, 0.1) is 0 Å². The van der Waals surface area contributed by atoms with E-state index in [9.17, 15) is 4.79 Å². The Morgan fingerprint density at radius 1 is 1.09 bits per heavy atom. The molecule has 0 radical (unpaired) electrons. The Morgan fingerprint density at radius 2 is 1.95 bits per heavy atom. The molecule has 108 valence electrons. The van der Waals surface area contributed by atoms with Crippen molar-refractivity contribution < 1.29 is 0 Å². The molecule has 0 aliphatic heterocycles. The maximum absolute atomic E-state index is 12.0. The summed E-state index contributed by atoms with van der Waals surface area (Å²) < 4.78 is 1.59. The molecule has 0 unspecified atom stereocenters. The van der Waals surface area contributed by atoms with Gasteiger partial charge in [-0.15, -0.1) is 0 Å². The van der Waals surface area contributed by atoms with Crippen LogP contribution in [0.3, 0.4) is 0 Å². The fraction of sp³-hybridized carbons (Fsp3) is 0.0588. The van der Waals surface area contributed by atoms with E-state index in [-0.39, 0.29) is 5.69 Å². The highest BCUT2D eigenvalue weighted by Gasteiger charge is 2.09. The molecule has 2 heterocycles. The average molecular weight is 290 g/mol. The Kier molecular flexibility index (Phi) is 2.80. The van der Waals surface area contributed by atoms with Crippen LogP contribution in [0.5, 0.6) is 0 Å². The maximum Gasteiger partial charge on any atom is 0.348 e. The smallest absolute Gasteiger partial charge is 0.326 e. The summed E-state index contributed by atoms with van der Waals surface area (Å²) in [5, 5.41) is 7.50. The summed E-state index contributed by atoms with van der Waals surface area (Å²) in [6.07, 6.45) is 0. The molecule has 4 aromatic rings. The summed E-state index contributed by atoms with van der Waals surface area (Å²) >= 11 is 0. The lowest BCUT2D eigenvalue weighted by Crippen LogP contribution is -2.09. The van der Waals surface area contributed by atoms with Crippen LogP contribution >= 0.6 is 0 Å². The van der Waals surface area contributed by atoms with Crippen molar-refractivity contribution in [3.63, 3.8) is 0 Å². The molecular weight excluding hydrogens is 276 g/mol. The summed E-state index contributed by atoms with van der Waals surface area (Å²) in [5.74, 6) is 0. The van der Waals surface area contributed by atoms with Crippen molar-refractivity contribution in [1.82, 2.24) is 14.6 Å². The van der Waals surface area contributed by atoms with E-state index in [1.54, 1.807) is 4.40 Å². The lowest BCUT2D eigenvalue weighted by molar-refractivity contribution is 1.04. The third-order valence-electron chi connectivity index (χ3n) is 3.90. The number of nitrogens with zero attached hydrogens (tertiary/aromatic N) is 2. The SMILES string of the molecule is NCc1cccc(-c2cccc3c2ccc2n[nH]c(=O)n23)c1. The Hall–Kier alpha value is -2.92. The second-order valence-electron chi connectivity index (χ2n) is 5.20. The number of pyridine rings is 1. The van der Waals surface area contributed by atoms with Crippen molar-refractivity contribution in [2.45, 2.75) is 6.54 Å². The Balaban J connectivity index is 2.08. The van der Waals surface area contributed by atoms with Crippen molar-refractivity contribution in [3.8, 4) is 11.1 Å². The van der Waals surface area contributed by atoms with Gasteiger partial charge in [0.15, 0.2) is 5.65 Å². The summed E-state index contributed by atoms with van der Waals surface area (Å²) in [6, 6.07) is 17.9. The highest BCUT2D eigenvalue weighted by molar-refractivity contribution is 5.96. The van der Waals surface area contributed by atoms with Crippen molar-refractivity contribution in [2.24, 2.45) is 5.73 Å². The molecule has 0 aliphatic rings. The first-order chi connectivity index (χ1) is 10.8. The molecule has 0 spiro atoms. The molecule has 4 rings (SSSR count). The minimum atomic E-state index is -0.228. The van der Waals surface area contributed by atoms with Gasteiger partial charge in [-0.05, 0) is 41.0 Å². The minimum absolute atomic E-state index is 0.228. The summed E-state index contributed by atoms with van der Waals surface area (Å²) in [7, 11) is 0. The van der Waals surface area contributed by atoms with Gasteiger partial charge in [-0.3, -0.25) is 0 Å². The number of hydrogen-bond donors (Lipinski definition) is 2. The lowest BCUT2D eigenvalue weighted by atomic mass is 9.99. The molecule has 0 atom stereocenters. The molecule has 5 nitrogen and oxygen atoms in total. The van der Waals surface area contributed by atoms with Crippen LogP contribution < -0.4 is 11.4 Å². The molecule has 0 amide bonds. The second kappa shape index (κ2) is 4.82. The number of hydrogen-bond acceptors (Lipinski definition) is 3. The molecule has 3 N–H and O–H groups in total. The number of nitrogens with one attached hydrogen (secondary N) is 1. The van der Waals surface area contributed by atoms with Crippen LogP contribution in [0.4, 0.5) is 0 Å². The van der Waals surface area contributed by atoms with Gasteiger partial charge in [-0.2, -0.15) is 5.10 Å². The summed E-state index contributed by atoms with van der Waals surface area (Å²) in [4.78, 5) is 12.0. The fourth-order valence-corrected chi connectivity index (χ4v) is 2.85. The Bertz CT molecular complexity index is 1050. The molecule has 0 aliphatic carbocycles. The standard InChI is InChI=1S/C17H14N4O/c18-10-11-3-1-4-12(9-11)13-5-2-6-15-14(13)7-8-16-19-20-17(22)21(15)16/h1-9H,10,18H2,(H,20,22). The third-order valence-corrected chi connectivity index (χ3v) is 3.90. The molecule has 0 bridgehead atoms. The van der Waals surface area contributed by atoms with Crippen LogP contribution in [0.2, 0.25) is 0 Å². The van der Waals surface area contributed by atoms with Crippen molar-refractivity contribution in [2.75, 3.05) is 0 Å².